The first-order valence-corrected chi connectivity index (χ1v) is 4.56. The Labute approximate surface area is 87.0 Å². The minimum atomic E-state index is 0.810. The van der Waals surface area contributed by atoms with Gasteiger partial charge >= 0.3 is 0 Å². The first kappa shape index (κ1) is 7.97. The summed E-state index contributed by atoms with van der Waals surface area (Å²) in [4.78, 5) is 0. The van der Waals surface area contributed by atoms with Gasteiger partial charge in [0.2, 0.25) is 0 Å². The lowest BCUT2D eigenvalue weighted by atomic mass is 10.0. The molecule has 0 fully saturated rings. The zero-order valence-corrected chi connectivity index (χ0v) is 7.87. The molecule has 0 spiro atoms. The van der Waals surface area contributed by atoms with Crippen LogP contribution >= 0.6 is 0 Å². The van der Waals surface area contributed by atoms with Crippen molar-refractivity contribution in [3.63, 3.8) is 0 Å². The highest BCUT2D eigenvalue weighted by Crippen LogP contribution is 2.35. The van der Waals surface area contributed by atoms with Gasteiger partial charge < -0.3 is 4.42 Å². The molecule has 2 aromatic heterocycles. The summed E-state index contributed by atoms with van der Waals surface area (Å²) in [6.07, 6.45) is 10.9. The Bertz CT molecular complexity index is 670. The van der Waals surface area contributed by atoms with Crippen molar-refractivity contribution >= 4 is 21.9 Å². The van der Waals surface area contributed by atoms with Crippen molar-refractivity contribution < 1.29 is 4.42 Å². The number of fused-ring (bicyclic) bond motifs is 5. The summed E-state index contributed by atoms with van der Waals surface area (Å²) < 4.78 is 5.56. The molecule has 2 heterocycles. The van der Waals surface area contributed by atoms with Gasteiger partial charge in [-0.15, -0.1) is 12.8 Å². The van der Waals surface area contributed by atoms with Crippen LogP contribution in [0.25, 0.3) is 21.9 Å². The maximum atomic E-state index is 5.56. The fourth-order valence-corrected chi connectivity index (χ4v) is 1.96. The summed E-state index contributed by atoms with van der Waals surface area (Å²) >= 11 is 0. The van der Waals surface area contributed by atoms with Crippen LogP contribution in [0.3, 0.4) is 0 Å². The molecule has 0 saturated carbocycles. The van der Waals surface area contributed by atoms with Crippen LogP contribution in [0.1, 0.15) is 11.1 Å². The number of furan rings is 2. The first-order valence-electron chi connectivity index (χ1n) is 4.56. The largest absolute Gasteiger partial charge is 0.456 e. The highest BCUT2D eigenvalue weighted by Gasteiger charge is 2.14. The average molecular weight is 190 g/mol. The van der Waals surface area contributed by atoms with Gasteiger partial charge in [0, 0.05) is 21.9 Å². The van der Waals surface area contributed by atoms with Crippen molar-refractivity contribution in [2.75, 3.05) is 0 Å². The fraction of sp³-hybridized carbons (Fsp3) is 0. The topological polar surface area (TPSA) is 13.1 Å². The second kappa shape index (κ2) is 2.56. The van der Waals surface area contributed by atoms with Crippen molar-refractivity contribution in [2.45, 2.75) is 0 Å². The van der Waals surface area contributed by atoms with E-state index in [1.54, 1.807) is 0 Å². The number of benzene rings is 2. The Morgan fingerprint density at radius 1 is 0.800 bits per heavy atom. The first-order chi connectivity index (χ1) is 7.35. The summed E-state index contributed by atoms with van der Waals surface area (Å²) in [5.41, 5.74) is 3.28. The smallest absolute Gasteiger partial charge is 0.136 e. The highest BCUT2D eigenvalue weighted by molar-refractivity contribution is 6.12. The van der Waals surface area contributed by atoms with Gasteiger partial charge in [0.25, 0.3) is 0 Å². The SMILES string of the molecule is C#Cc1ccc(C#C)c2c3ccc(o3)c12. The van der Waals surface area contributed by atoms with Crippen LogP contribution in [0.4, 0.5) is 0 Å². The molecule has 0 N–H and O–H groups in total. The molecule has 3 aromatic rings. The van der Waals surface area contributed by atoms with Crippen LogP contribution in [0.15, 0.2) is 28.7 Å². The fourth-order valence-electron chi connectivity index (χ4n) is 1.96. The Balaban J connectivity index is 2.67. The van der Waals surface area contributed by atoms with Crippen molar-refractivity contribution in [3.8, 4) is 24.7 Å². The van der Waals surface area contributed by atoms with E-state index in [0.29, 0.717) is 0 Å². The zero-order chi connectivity index (χ0) is 10.4. The third-order valence-corrected chi connectivity index (χ3v) is 2.62. The maximum absolute atomic E-state index is 5.56. The second-order valence-corrected chi connectivity index (χ2v) is 3.36. The molecule has 0 saturated heterocycles. The Morgan fingerprint density at radius 3 is 1.67 bits per heavy atom. The van der Waals surface area contributed by atoms with Gasteiger partial charge in [-0.05, 0) is 24.3 Å². The van der Waals surface area contributed by atoms with Crippen molar-refractivity contribution in [3.05, 3.63) is 35.4 Å². The minimum Gasteiger partial charge on any atom is -0.456 e. The van der Waals surface area contributed by atoms with Crippen LogP contribution in [0.5, 0.6) is 0 Å². The third-order valence-electron chi connectivity index (χ3n) is 2.62. The molecule has 0 atom stereocenters. The van der Waals surface area contributed by atoms with Gasteiger partial charge in [0.05, 0.1) is 0 Å². The summed E-state index contributed by atoms with van der Waals surface area (Å²) in [7, 11) is 0. The van der Waals surface area contributed by atoms with Crippen LogP contribution < -0.4 is 0 Å². The summed E-state index contributed by atoms with van der Waals surface area (Å²) in [6.45, 7) is 0. The standard InChI is InChI=1S/C14H6O/c1-3-9-5-6-10(4-2)14-12-8-7-11(15-12)13(9)14/h1-2,5-8H. The van der Waals surface area contributed by atoms with E-state index in [2.05, 4.69) is 11.8 Å². The molecule has 0 radical (unpaired) electrons. The monoisotopic (exact) mass is 190 g/mol. The molecule has 1 aromatic carbocycles. The molecule has 2 bridgehead atoms. The second-order valence-electron chi connectivity index (χ2n) is 3.36. The van der Waals surface area contributed by atoms with Crippen LogP contribution in [-0.2, 0) is 0 Å². The molecule has 0 aliphatic carbocycles. The molecule has 0 aliphatic heterocycles. The molecule has 0 aliphatic rings. The van der Waals surface area contributed by atoms with Crippen molar-refractivity contribution in [1.29, 1.82) is 0 Å². The lowest BCUT2D eigenvalue weighted by molar-refractivity contribution is 0.679. The lowest BCUT2D eigenvalue weighted by Gasteiger charge is -1.98. The van der Waals surface area contributed by atoms with Crippen LogP contribution in [-0.4, -0.2) is 0 Å². The van der Waals surface area contributed by atoms with E-state index in [1.807, 2.05) is 24.3 Å². The Morgan fingerprint density at radius 2 is 1.27 bits per heavy atom. The normalized spacial score (nSPS) is 10.5. The highest BCUT2D eigenvalue weighted by atomic mass is 16.3. The van der Waals surface area contributed by atoms with Gasteiger partial charge in [-0.25, -0.2) is 0 Å². The van der Waals surface area contributed by atoms with E-state index in [9.17, 15) is 0 Å². The molecule has 1 nitrogen and oxygen atoms in total. The molecule has 0 amide bonds. The molecule has 0 unspecified atom stereocenters. The van der Waals surface area contributed by atoms with Gasteiger partial charge in [0.1, 0.15) is 11.2 Å². The Kier molecular flexibility index (Phi) is 1.36. The average Bonchev–Trinajstić information content (AvgIpc) is 2.88. The van der Waals surface area contributed by atoms with Gasteiger partial charge in [-0.2, -0.15) is 0 Å². The predicted molar refractivity (Wildman–Crippen MR) is 60.8 cm³/mol. The summed E-state index contributed by atoms with van der Waals surface area (Å²) in [5, 5.41) is 1.93. The van der Waals surface area contributed by atoms with E-state index in [4.69, 9.17) is 17.3 Å². The molecule has 15 heavy (non-hydrogen) atoms. The molecule has 3 rings (SSSR count). The number of hydrogen-bond acceptors (Lipinski definition) is 1. The minimum absolute atomic E-state index is 0.810. The maximum Gasteiger partial charge on any atom is 0.136 e. The van der Waals surface area contributed by atoms with Crippen molar-refractivity contribution in [2.24, 2.45) is 0 Å². The van der Waals surface area contributed by atoms with E-state index in [-0.39, 0.29) is 0 Å². The number of hydrogen-bond donors (Lipinski definition) is 0. The van der Waals surface area contributed by atoms with Crippen LogP contribution in [0, 0.1) is 24.7 Å². The van der Waals surface area contributed by atoms with Crippen molar-refractivity contribution in [1.82, 2.24) is 0 Å². The van der Waals surface area contributed by atoms with Gasteiger partial charge in [-0.1, -0.05) is 11.8 Å². The van der Waals surface area contributed by atoms with E-state index in [1.165, 1.54) is 0 Å². The Hall–Kier alpha value is -2.38. The summed E-state index contributed by atoms with van der Waals surface area (Å²) in [6, 6.07) is 7.55. The van der Waals surface area contributed by atoms with E-state index in [0.717, 1.165) is 33.1 Å². The summed E-state index contributed by atoms with van der Waals surface area (Å²) in [5.74, 6) is 5.29. The third kappa shape index (κ3) is 0.848. The number of terminal acetylenes is 2. The molecule has 1 heteroatoms. The predicted octanol–water partition coefficient (Wildman–Crippen LogP) is 2.99. The zero-order valence-electron chi connectivity index (χ0n) is 7.87. The molecular formula is C14H6O. The van der Waals surface area contributed by atoms with E-state index >= 15 is 0 Å². The van der Waals surface area contributed by atoms with Gasteiger partial charge in [0.15, 0.2) is 0 Å². The van der Waals surface area contributed by atoms with Crippen LogP contribution in [0.2, 0.25) is 0 Å². The lowest BCUT2D eigenvalue weighted by Crippen LogP contribution is -1.82. The molecule has 68 valence electrons. The van der Waals surface area contributed by atoms with E-state index < -0.39 is 0 Å². The molecular weight excluding hydrogens is 184 g/mol. The number of rotatable bonds is 0. The van der Waals surface area contributed by atoms with Gasteiger partial charge in [-0.3, -0.25) is 0 Å². The quantitative estimate of drug-likeness (QED) is 0.497.